The molecule has 4 aromatic rings. The maximum Gasteiger partial charge on any atom is 0.252 e. The summed E-state index contributed by atoms with van der Waals surface area (Å²) in [4.78, 5) is 142. The second-order valence-electron chi connectivity index (χ2n) is 26.3. The number of rotatable bonds is 28. The number of morpholine rings is 1. The van der Waals surface area contributed by atoms with Gasteiger partial charge in [0.05, 0.1) is 124 Å². The number of ketones is 2. The number of nitrogens with one attached hydrogen (secondary N) is 8. The molecule has 5 heterocycles. The third-order valence-electron chi connectivity index (χ3n) is 19.3. The first-order chi connectivity index (χ1) is 50.2. The molecule has 34 heteroatoms. The van der Waals surface area contributed by atoms with E-state index in [1.807, 2.05) is 29.6 Å². The lowest BCUT2D eigenvalue weighted by Crippen LogP contribution is -2.55. The van der Waals surface area contributed by atoms with Crippen molar-refractivity contribution in [1.82, 2.24) is 57.4 Å². The third kappa shape index (κ3) is 18.7. The second-order valence-corrected chi connectivity index (χ2v) is 28.9. The van der Waals surface area contributed by atoms with Gasteiger partial charge in [0.15, 0.2) is 24.6 Å². The van der Waals surface area contributed by atoms with Crippen molar-refractivity contribution >= 4 is 93.4 Å². The van der Waals surface area contributed by atoms with Gasteiger partial charge in [-0.05, 0) is 50.5 Å². The molecule has 2 bridgehead atoms. The van der Waals surface area contributed by atoms with Crippen LogP contribution in [-0.2, 0) is 84.6 Å². The number of hydrogen-bond donors (Lipinski definition) is 11. The van der Waals surface area contributed by atoms with Crippen LogP contribution in [0.5, 0.6) is 17.2 Å². The van der Waals surface area contributed by atoms with E-state index < -0.39 is 164 Å². The Kier molecular flexibility index (Phi) is 26.5. The maximum atomic E-state index is 14.3. The van der Waals surface area contributed by atoms with Crippen molar-refractivity contribution in [3.8, 4) is 17.2 Å². The Morgan fingerprint density at radius 2 is 1.28 bits per heavy atom. The molecule has 32 nitrogen and oxygen atoms in total. The zero-order chi connectivity index (χ0) is 73.6. The molecule has 3 saturated heterocycles. The lowest BCUT2D eigenvalue weighted by Gasteiger charge is -2.43. The number of phenols is 2. The Balaban J connectivity index is 0.539. The number of methoxy groups -OCH3 is 2. The number of carbonyl (C=O) groups is 10. The van der Waals surface area contributed by atoms with Crippen LogP contribution >= 0.6 is 23.5 Å². The largest absolute Gasteiger partial charge is 0.507 e. The second kappa shape index (κ2) is 35.8. The Morgan fingerprint density at radius 3 is 1.93 bits per heavy atom. The first-order valence-electron chi connectivity index (χ1n) is 35.0. The van der Waals surface area contributed by atoms with Crippen LogP contribution in [0, 0.1) is 0 Å². The van der Waals surface area contributed by atoms with Crippen molar-refractivity contribution in [2.45, 2.75) is 148 Å². The summed E-state index contributed by atoms with van der Waals surface area (Å²) in [5.41, 5.74) is -0.0836. The number of phenolic OH excluding ortho intramolecular Hbond substituents is 2. The fraction of sp³-hybridized carbons (Fsp3) is 0.571. The van der Waals surface area contributed by atoms with Crippen LogP contribution in [0.4, 0.5) is 0 Å². The van der Waals surface area contributed by atoms with E-state index in [0.717, 1.165) is 28.4 Å². The van der Waals surface area contributed by atoms with E-state index >= 15 is 0 Å². The molecular formula is C70H89N11O21S2. The van der Waals surface area contributed by atoms with Gasteiger partial charge in [-0.2, -0.15) is 23.5 Å². The molecule has 562 valence electrons. The van der Waals surface area contributed by atoms with Gasteiger partial charge in [0.2, 0.25) is 41.2 Å². The summed E-state index contributed by atoms with van der Waals surface area (Å²) in [5, 5.41) is 57.3. The highest BCUT2D eigenvalue weighted by molar-refractivity contribution is 8.00. The number of nitrogens with zero attached hydrogens (tertiary/aromatic N) is 3. The van der Waals surface area contributed by atoms with E-state index in [0.29, 0.717) is 34.7 Å². The molecule has 0 radical (unpaired) electrons. The Hall–Kier alpha value is -8.16. The van der Waals surface area contributed by atoms with Gasteiger partial charge in [0.25, 0.3) is 11.8 Å². The summed E-state index contributed by atoms with van der Waals surface area (Å²) in [6.45, 7) is 0.398. The SMILES string of the molecule is COc1cccc2c1C(=O)c1c(O)c3c(c(O)c1C2=O)C[C@@](O)(C(=O)NCCNC(=O)CNC(=O)CNC(=O)CNC(=O)CNC(=O)CNC(=O)CCOCCOCCNC(=O)c1ccc2nc4c(nc2c1)CSC1CCCCCCC(C1)SC4)C[C@@H]3O[C@H]1C[C@H]2[C@H](O[C@@H]3[C@@H](OC)OCCN32)[C@H](C)O1. The Morgan fingerprint density at radius 1 is 0.663 bits per heavy atom. The lowest BCUT2D eigenvalue weighted by atomic mass is 9.72. The highest BCUT2D eigenvalue weighted by atomic mass is 32.2. The highest BCUT2D eigenvalue weighted by Crippen LogP contribution is 2.53. The van der Waals surface area contributed by atoms with Crippen LogP contribution in [0.15, 0.2) is 36.4 Å². The van der Waals surface area contributed by atoms with Crippen LogP contribution in [0.25, 0.3) is 11.0 Å². The number of hydrogen-bond acceptors (Lipinski definition) is 26. The molecule has 7 aliphatic rings. The Bertz CT molecular complexity index is 3890. The third-order valence-corrected chi connectivity index (χ3v) is 21.9. The van der Waals surface area contributed by atoms with Crippen LogP contribution in [0.1, 0.15) is 142 Å². The van der Waals surface area contributed by atoms with Crippen LogP contribution in [-0.4, -0.2) is 248 Å². The smallest absolute Gasteiger partial charge is 0.252 e. The molecule has 11 rings (SSSR count). The van der Waals surface area contributed by atoms with E-state index in [1.54, 1.807) is 19.1 Å². The predicted molar refractivity (Wildman–Crippen MR) is 373 cm³/mol. The molecule has 104 heavy (non-hydrogen) atoms. The number of amides is 8. The summed E-state index contributed by atoms with van der Waals surface area (Å²) < 4.78 is 47.0. The molecular weight excluding hydrogens is 1390 g/mol. The minimum absolute atomic E-state index is 0.0407. The molecule has 2 unspecified atom stereocenters. The van der Waals surface area contributed by atoms with Crippen molar-refractivity contribution in [2.75, 3.05) is 106 Å². The lowest BCUT2D eigenvalue weighted by molar-refractivity contribution is -0.256. The number of aliphatic hydroxyl groups is 1. The normalized spacial score (nSPS) is 24.2. The summed E-state index contributed by atoms with van der Waals surface area (Å²) in [6.07, 6.45) is 3.11. The van der Waals surface area contributed by atoms with Crippen molar-refractivity contribution in [1.29, 1.82) is 0 Å². The van der Waals surface area contributed by atoms with E-state index in [2.05, 4.69) is 47.4 Å². The predicted octanol–water partition coefficient (Wildman–Crippen LogP) is 0.721. The molecule has 3 aromatic carbocycles. The fourth-order valence-corrected chi connectivity index (χ4v) is 16.8. The molecule has 8 amide bonds. The first-order valence-corrected chi connectivity index (χ1v) is 37.1. The van der Waals surface area contributed by atoms with Gasteiger partial charge < -0.3 is 95.7 Å². The first kappa shape index (κ1) is 77.0. The topological polar surface area (TPSA) is 430 Å². The van der Waals surface area contributed by atoms with Gasteiger partial charge >= 0.3 is 0 Å². The maximum absolute atomic E-state index is 14.3. The number of aromatic hydroxyl groups is 2. The van der Waals surface area contributed by atoms with E-state index in [1.165, 1.54) is 77.4 Å². The number of carbonyl (C=O) groups excluding carboxylic acids is 10. The fourth-order valence-electron chi connectivity index (χ4n) is 14.0. The molecule has 10 atom stereocenters. The van der Waals surface area contributed by atoms with Crippen molar-refractivity contribution in [2.24, 2.45) is 0 Å². The number of benzene rings is 3. The van der Waals surface area contributed by atoms with Crippen LogP contribution in [0.2, 0.25) is 0 Å². The minimum Gasteiger partial charge on any atom is -0.507 e. The van der Waals surface area contributed by atoms with E-state index in [9.17, 15) is 63.3 Å². The van der Waals surface area contributed by atoms with Crippen molar-refractivity contribution in [3.63, 3.8) is 0 Å². The zero-order valence-electron chi connectivity index (χ0n) is 58.1. The number of fused-ring (bicyclic) bond motifs is 10. The van der Waals surface area contributed by atoms with Crippen LogP contribution in [0.3, 0.4) is 0 Å². The standard InChI is InChI=1S/C70H89N11O21S2/c1-37-65-47(81-19-22-99-68(96-3)67(81)102-65)27-56(100-37)101-49-29-70(94,28-42-58(49)64(91)60-59(62(42)89)61(88)41-11-8-12-48(95-2)57(41)63(60)90)69(93)73-17-16-71-51(83)30-75-53(85)32-77-55(87)34-78-54(86)33-76-52(84)31-74-50(82)15-20-97-23-24-98-21-18-72-66(92)38-13-14-43-44(25-38)80-46-36-104-40-10-7-5-4-6-9-39(26-40)103-35-45(46)79-43/h8,11-14,25,37,39-40,47,49,56,65,67-68,89,91,94H,4-7,9-10,15-24,26-36H2,1-3H3,(H,71,83)(H,72,92)(H,73,93)(H,74,82)(H,75,85)(H,76,84)(H,77,87)(H,78,86)/t37-,39?,40?,47-,49-,56-,65+,67+,68-,70-/m0/s1. The van der Waals surface area contributed by atoms with Gasteiger partial charge in [-0.25, -0.2) is 9.97 Å². The van der Waals surface area contributed by atoms with Gasteiger partial charge in [0.1, 0.15) is 29.0 Å². The molecule has 3 aliphatic carbocycles. The van der Waals surface area contributed by atoms with E-state index in [4.69, 9.17) is 47.9 Å². The average Bonchev–Trinajstić information content (AvgIpc) is 0.858. The average molecular weight is 1480 g/mol. The molecule has 0 spiro atoms. The quantitative estimate of drug-likeness (QED) is 0.0243. The zero-order valence-corrected chi connectivity index (χ0v) is 59.7. The summed E-state index contributed by atoms with van der Waals surface area (Å²) >= 11 is 4.01. The monoisotopic (exact) mass is 1480 g/mol. The summed E-state index contributed by atoms with van der Waals surface area (Å²) in [5.74, 6) is -6.80. The highest BCUT2D eigenvalue weighted by Gasteiger charge is 2.55. The summed E-state index contributed by atoms with van der Waals surface area (Å²) in [6, 6.07) is 9.45. The van der Waals surface area contributed by atoms with Crippen molar-refractivity contribution in [3.05, 3.63) is 86.7 Å². The van der Waals surface area contributed by atoms with Gasteiger partial charge in [-0.15, -0.1) is 0 Å². The number of aromatic nitrogens is 2. The van der Waals surface area contributed by atoms with Crippen LogP contribution < -0.4 is 47.3 Å². The van der Waals surface area contributed by atoms with Gasteiger partial charge in [0, 0.05) is 109 Å². The summed E-state index contributed by atoms with van der Waals surface area (Å²) in [7, 11) is 2.82. The molecule has 4 fully saturated rings. The molecule has 11 N–H and O–H groups in total. The van der Waals surface area contributed by atoms with Gasteiger partial charge in [-0.1, -0.05) is 37.8 Å². The molecule has 4 aliphatic heterocycles. The minimum atomic E-state index is -2.40. The van der Waals surface area contributed by atoms with E-state index in [-0.39, 0.29) is 98.9 Å². The number of thioether (sulfide) groups is 2. The number of ether oxygens (including phenoxy) is 8. The van der Waals surface area contributed by atoms with Gasteiger partial charge in [-0.3, -0.25) is 52.8 Å². The Labute approximate surface area is 607 Å². The molecule has 1 saturated carbocycles. The van der Waals surface area contributed by atoms with Crippen molar-refractivity contribution < 1.29 is 101 Å². The molecule has 1 aromatic heterocycles.